The lowest BCUT2D eigenvalue weighted by Gasteiger charge is -2.45. The number of amides is 1. The zero-order valence-electron chi connectivity index (χ0n) is 12.6. The van der Waals surface area contributed by atoms with E-state index >= 15 is 0 Å². The van der Waals surface area contributed by atoms with Crippen molar-refractivity contribution in [2.45, 2.75) is 72.1 Å². The van der Waals surface area contributed by atoms with Gasteiger partial charge in [-0.05, 0) is 46.0 Å². The van der Waals surface area contributed by atoms with E-state index in [4.69, 9.17) is 10.5 Å². The summed E-state index contributed by atoms with van der Waals surface area (Å²) in [5.41, 5.74) is 5.68. The van der Waals surface area contributed by atoms with Gasteiger partial charge in [0, 0.05) is 18.6 Å². The number of carbonyl (C=O) groups excluding carboxylic acids is 1. The second-order valence-electron chi connectivity index (χ2n) is 7.24. The van der Waals surface area contributed by atoms with E-state index in [9.17, 15) is 4.79 Å². The average molecular weight is 256 g/mol. The number of piperidine rings is 1. The van der Waals surface area contributed by atoms with Gasteiger partial charge in [-0.25, -0.2) is 4.79 Å². The number of rotatable bonds is 1. The van der Waals surface area contributed by atoms with Crippen LogP contribution in [0.15, 0.2) is 0 Å². The first-order chi connectivity index (χ1) is 8.02. The Kier molecular flexibility index (Phi) is 4.31. The molecule has 0 saturated carbocycles. The SMILES string of the molecule is C[C@H](N)C1CCC(C)(C)CN1C(=O)OC(C)(C)C. The number of nitrogens with two attached hydrogens (primary N) is 1. The fourth-order valence-electron chi connectivity index (χ4n) is 2.42. The molecule has 1 aliphatic rings. The zero-order valence-corrected chi connectivity index (χ0v) is 12.6. The molecule has 1 amide bonds. The molecule has 0 aliphatic carbocycles. The quantitative estimate of drug-likeness (QED) is 0.785. The van der Waals surface area contributed by atoms with Gasteiger partial charge >= 0.3 is 6.09 Å². The molecule has 1 rings (SSSR count). The summed E-state index contributed by atoms with van der Waals surface area (Å²) in [7, 11) is 0. The lowest BCUT2D eigenvalue weighted by atomic mass is 9.80. The van der Waals surface area contributed by atoms with Crippen LogP contribution in [0.4, 0.5) is 4.79 Å². The van der Waals surface area contributed by atoms with E-state index < -0.39 is 5.60 Å². The molecule has 1 heterocycles. The minimum Gasteiger partial charge on any atom is -0.444 e. The summed E-state index contributed by atoms with van der Waals surface area (Å²) in [6.45, 7) is 12.7. The van der Waals surface area contributed by atoms with Crippen LogP contribution >= 0.6 is 0 Å². The Morgan fingerprint density at radius 1 is 1.44 bits per heavy atom. The summed E-state index contributed by atoms with van der Waals surface area (Å²) in [6, 6.07) is 0.0708. The van der Waals surface area contributed by atoms with Crippen LogP contribution in [-0.4, -0.2) is 35.2 Å². The highest BCUT2D eigenvalue weighted by atomic mass is 16.6. The highest BCUT2D eigenvalue weighted by Crippen LogP contribution is 2.33. The molecule has 4 nitrogen and oxygen atoms in total. The summed E-state index contributed by atoms with van der Waals surface area (Å²) < 4.78 is 5.48. The number of carbonyl (C=O) groups is 1. The van der Waals surface area contributed by atoms with E-state index in [-0.39, 0.29) is 23.6 Å². The van der Waals surface area contributed by atoms with E-state index in [1.54, 1.807) is 0 Å². The predicted molar refractivity (Wildman–Crippen MR) is 73.4 cm³/mol. The third-order valence-corrected chi connectivity index (χ3v) is 3.35. The smallest absolute Gasteiger partial charge is 0.410 e. The number of ether oxygens (including phenoxy) is 1. The van der Waals surface area contributed by atoms with Crippen LogP contribution in [0.5, 0.6) is 0 Å². The van der Waals surface area contributed by atoms with Crippen LogP contribution < -0.4 is 5.73 Å². The Hall–Kier alpha value is -0.770. The molecule has 2 atom stereocenters. The van der Waals surface area contributed by atoms with Crippen LogP contribution in [0.2, 0.25) is 0 Å². The average Bonchev–Trinajstić information content (AvgIpc) is 2.12. The van der Waals surface area contributed by atoms with Gasteiger partial charge in [0.25, 0.3) is 0 Å². The van der Waals surface area contributed by atoms with Gasteiger partial charge in [0.1, 0.15) is 5.60 Å². The Labute approximate surface area is 111 Å². The molecular formula is C14H28N2O2. The third kappa shape index (κ3) is 4.16. The largest absolute Gasteiger partial charge is 0.444 e. The number of hydrogen-bond donors (Lipinski definition) is 1. The molecular weight excluding hydrogens is 228 g/mol. The highest BCUT2D eigenvalue weighted by Gasteiger charge is 2.39. The molecule has 18 heavy (non-hydrogen) atoms. The van der Waals surface area contributed by atoms with Gasteiger partial charge in [0.05, 0.1) is 0 Å². The Morgan fingerprint density at radius 3 is 2.44 bits per heavy atom. The Balaban J connectivity index is 2.82. The lowest BCUT2D eigenvalue weighted by Crippen LogP contribution is -2.56. The van der Waals surface area contributed by atoms with Crippen LogP contribution in [-0.2, 0) is 4.74 Å². The molecule has 0 aromatic rings. The van der Waals surface area contributed by atoms with Crippen LogP contribution in [0.3, 0.4) is 0 Å². The molecule has 0 aromatic heterocycles. The third-order valence-electron chi connectivity index (χ3n) is 3.35. The van der Waals surface area contributed by atoms with Crippen molar-refractivity contribution in [2.24, 2.45) is 11.1 Å². The second-order valence-corrected chi connectivity index (χ2v) is 7.24. The molecule has 4 heteroatoms. The summed E-state index contributed by atoms with van der Waals surface area (Å²) in [5, 5.41) is 0. The van der Waals surface area contributed by atoms with E-state index in [1.165, 1.54) is 0 Å². The minimum atomic E-state index is -0.457. The molecule has 1 saturated heterocycles. The van der Waals surface area contributed by atoms with Crippen LogP contribution in [0, 0.1) is 5.41 Å². The van der Waals surface area contributed by atoms with E-state index in [2.05, 4.69) is 13.8 Å². The van der Waals surface area contributed by atoms with Gasteiger partial charge < -0.3 is 15.4 Å². The van der Waals surface area contributed by atoms with Gasteiger partial charge in [0.2, 0.25) is 0 Å². The number of hydrogen-bond acceptors (Lipinski definition) is 3. The Bertz CT molecular complexity index is 305. The van der Waals surface area contributed by atoms with Gasteiger partial charge in [0.15, 0.2) is 0 Å². The predicted octanol–water partition coefficient (Wildman–Crippen LogP) is 2.76. The normalized spacial score (nSPS) is 25.7. The van der Waals surface area contributed by atoms with Crippen LogP contribution in [0.25, 0.3) is 0 Å². The fraction of sp³-hybridized carbons (Fsp3) is 0.929. The maximum atomic E-state index is 12.3. The van der Waals surface area contributed by atoms with Crippen molar-refractivity contribution < 1.29 is 9.53 Å². The van der Waals surface area contributed by atoms with Gasteiger partial charge in [-0.15, -0.1) is 0 Å². The van der Waals surface area contributed by atoms with Crippen molar-refractivity contribution >= 4 is 6.09 Å². The lowest BCUT2D eigenvalue weighted by molar-refractivity contribution is -0.0107. The maximum Gasteiger partial charge on any atom is 0.410 e. The fourth-order valence-corrected chi connectivity index (χ4v) is 2.42. The molecule has 2 N–H and O–H groups in total. The standard InChI is InChI=1S/C14H28N2O2/c1-10(15)11-7-8-14(5,6)9-16(11)12(17)18-13(2,3)4/h10-11H,7-9,15H2,1-6H3/t10-,11?/m0/s1. The monoisotopic (exact) mass is 256 g/mol. The number of likely N-dealkylation sites (tertiary alicyclic amines) is 1. The molecule has 0 spiro atoms. The zero-order chi connectivity index (χ0) is 14.1. The molecule has 0 aromatic carbocycles. The first kappa shape index (κ1) is 15.3. The molecule has 1 unspecified atom stereocenters. The molecule has 106 valence electrons. The minimum absolute atomic E-state index is 0.0198. The highest BCUT2D eigenvalue weighted by molar-refractivity contribution is 5.69. The van der Waals surface area contributed by atoms with Crippen molar-refractivity contribution in [2.75, 3.05) is 6.54 Å². The van der Waals surface area contributed by atoms with Crippen molar-refractivity contribution in [1.82, 2.24) is 4.90 Å². The van der Waals surface area contributed by atoms with E-state index in [1.807, 2.05) is 32.6 Å². The van der Waals surface area contributed by atoms with Gasteiger partial charge in [-0.1, -0.05) is 13.8 Å². The van der Waals surface area contributed by atoms with E-state index in [0.717, 1.165) is 12.8 Å². The first-order valence-corrected chi connectivity index (χ1v) is 6.77. The topological polar surface area (TPSA) is 55.6 Å². The maximum absolute atomic E-state index is 12.3. The van der Waals surface area contributed by atoms with Crippen molar-refractivity contribution in [1.29, 1.82) is 0 Å². The summed E-state index contributed by atoms with van der Waals surface area (Å²) in [4.78, 5) is 14.1. The van der Waals surface area contributed by atoms with Crippen LogP contribution in [0.1, 0.15) is 54.4 Å². The van der Waals surface area contributed by atoms with Gasteiger partial charge in [-0.3, -0.25) is 0 Å². The van der Waals surface area contributed by atoms with Crippen molar-refractivity contribution in [3.05, 3.63) is 0 Å². The summed E-state index contributed by atoms with van der Waals surface area (Å²) in [6.07, 6.45) is 1.81. The molecule has 1 aliphatic heterocycles. The summed E-state index contributed by atoms with van der Waals surface area (Å²) in [5.74, 6) is 0. The molecule has 1 fully saturated rings. The van der Waals surface area contributed by atoms with E-state index in [0.29, 0.717) is 6.54 Å². The van der Waals surface area contributed by atoms with Crippen molar-refractivity contribution in [3.8, 4) is 0 Å². The first-order valence-electron chi connectivity index (χ1n) is 6.77. The second kappa shape index (κ2) is 5.08. The number of nitrogens with zero attached hydrogens (tertiary/aromatic N) is 1. The van der Waals surface area contributed by atoms with Crippen molar-refractivity contribution in [3.63, 3.8) is 0 Å². The summed E-state index contributed by atoms with van der Waals surface area (Å²) >= 11 is 0. The van der Waals surface area contributed by atoms with Gasteiger partial charge in [-0.2, -0.15) is 0 Å². The Morgan fingerprint density at radius 2 is 2.00 bits per heavy atom. The molecule has 0 radical (unpaired) electrons. The molecule has 0 bridgehead atoms.